The summed E-state index contributed by atoms with van der Waals surface area (Å²) >= 11 is 0. The molecule has 0 spiro atoms. The van der Waals surface area contributed by atoms with Crippen LogP contribution in [0.15, 0.2) is 29.5 Å². The van der Waals surface area contributed by atoms with Crippen LogP contribution in [0, 0.1) is 0 Å². The van der Waals surface area contributed by atoms with Gasteiger partial charge < -0.3 is 9.88 Å². The van der Waals surface area contributed by atoms with Crippen molar-refractivity contribution in [2.75, 3.05) is 6.54 Å². The molecule has 0 saturated carbocycles. The second kappa shape index (κ2) is 6.52. The van der Waals surface area contributed by atoms with Crippen LogP contribution in [0.2, 0.25) is 0 Å². The molecule has 0 saturated heterocycles. The van der Waals surface area contributed by atoms with Crippen LogP contribution in [0.3, 0.4) is 0 Å². The van der Waals surface area contributed by atoms with Crippen LogP contribution >= 0.6 is 0 Å². The van der Waals surface area contributed by atoms with E-state index in [0.717, 1.165) is 32.4 Å². The Hall–Kier alpha value is -1.62. The van der Waals surface area contributed by atoms with E-state index in [0.29, 0.717) is 11.6 Å². The van der Waals surface area contributed by atoms with Crippen molar-refractivity contribution in [1.29, 1.82) is 0 Å². The predicted molar refractivity (Wildman–Crippen MR) is 76.4 cm³/mol. The summed E-state index contributed by atoms with van der Waals surface area (Å²) in [6, 6.07) is 2.31. The molecule has 1 N–H and O–H groups in total. The molecule has 0 amide bonds. The van der Waals surface area contributed by atoms with Crippen LogP contribution in [0.4, 0.5) is 0 Å². The molecule has 0 fully saturated rings. The lowest BCUT2D eigenvalue weighted by atomic mass is 10.1. The summed E-state index contributed by atoms with van der Waals surface area (Å²) in [6.07, 6.45) is 8.54. The molecule has 0 bridgehead atoms. The molecule has 2 aromatic rings. The first-order chi connectivity index (χ1) is 9.26. The first-order valence-electron chi connectivity index (χ1n) is 7.02. The summed E-state index contributed by atoms with van der Waals surface area (Å²) in [7, 11) is 0. The molecule has 2 aromatic heterocycles. The Morgan fingerprint density at radius 3 is 2.95 bits per heavy atom. The highest BCUT2D eigenvalue weighted by Crippen LogP contribution is 2.03. The van der Waals surface area contributed by atoms with Crippen LogP contribution in [-0.4, -0.2) is 26.8 Å². The Morgan fingerprint density at radius 1 is 1.37 bits per heavy atom. The minimum atomic E-state index is 0.0384. The van der Waals surface area contributed by atoms with E-state index in [1.807, 2.05) is 12.4 Å². The molecule has 2 heterocycles. The van der Waals surface area contributed by atoms with Gasteiger partial charge in [0.25, 0.3) is 5.56 Å². The fourth-order valence-electron chi connectivity index (χ4n) is 2.38. The lowest BCUT2D eigenvalue weighted by Gasteiger charge is -2.15. The van der Waals surface area contributed by atoms with Gasteiger partial charge in [0, 0.05) is 25.0 Å². The van der Waals surface area contributed by atoms with Gasteiger partial charge >= 0.3 is 0 Å². The van der Waals surface area contributed by atoms with E-state index in [1.165, 1.54) is 0 Å². The number of nitrogens with zero attached hydrogens (tertiary/aromatic N) is 3. The molecule has 104 valence electrons. The summed E-state index contributed by atoms with van der Waals surface area (Å²) in [5, 5.41) is 7.52. The van der Waals surface area contributed by atoms with Crippen molar-refractivity contribution < 1.29 is 0 Å². The fraction of sp³-hybridized carbons (Fsp3) is 0.571. The smallest absolute Gasteiger partial charge is 0.276 e. The SMILES string of the molecule is CCNC(CC)CCCn1ccn2nccc2c1=O. The van der Waals surface area contributed by atoms with Crippen LogP contribution in [0.25, 0.3) is 5.52 Å². The zero-order valence-electron chi connectivity index (χ0n) is 11.7. The Bertz CT molecular complexity index is 572. The molecule has 0 aliphatic heterocycles. The topological polar surface area (TPSA) is 51.3 Å². The van der Waals surface area contributed by atoms with Crippen LogP contribution in [-0.2, 0) is 6.54 Å². The van der Waals surface area contributed by atoms with E-state index < -0.39 is 0 Å². The van der Waals surface area contributed by atoms with Crippen LogP contribution in [0.5, 0.6) is 0 Å². The second-order valence-electron chi connectivity index (χ2n) is 4.76. The third-order valence-electron chi connectivity index (χ3n) is 3.48. The number of hydrogen-bond donors (Lipinski definition) is 1. The van der Waals surface area contributed by atoms with Gasteiger partial charge in [-0.05, 0) is 31.9 Å². The molecule has 0 aliphatic carbocycles. The van der Waals surface area contributed by atoms with E-state index >= 15 is 0 Å². The number of fused-ring (bicyclic) bond motifs is 1. The quantitative estimate of drug-likeness (QED) is 0.825. The highest BCUT2D eigenvalue weighted by molar-refractivity contribution is 5.42. The first-order valence-corrected chi connectivity index (χ1v) is 7.02. The summed E-state index contributed by atoms with van der Waals surface area (Å²) < 4.78 is 3.39. The molecular weight excluding hydrogens is 240 g/mol. The summed E-state index contributed by atoms with van der Waals surface area (Å²) in [4.78, 5) is 12.1. The highest BCUT2D eigenvalue weighted by atomic mass is 16.1. The summed E-state index contributed by atoms with van der Waals surface area (Å²) in [6.45, 7) is 6.08. The average Bonchev–Trinajstić information content (AvgIpc) is 2.89. The van der Waals surface area contributed by atoms with E-state index in [4.69, 9.17) is 0 Å². The third-order valence-corrected chi connectivity index (χ3v) is 3.48. The first kappa shape index (κ1) is 13.8. The Kier molecular flexibility index (Phi) is 4.74. The molecule has 1 unspecified atom stereocenters. The van der Waals surface area contributed by atoms with Gasteiger partial charge in [-0.1, -0.05) is 13.8 Å². The van der Waals surface area contributed by atoms with E-state index in [2.05, 4.69) is 24.3 Å². The summed E-state index contributed by atoms with van der Waals surface area (Å²) in [5.74, 6) is 0. The molecule has 2 rings (SSSR count). The van der Waals surface area contributed by atoms with E-state index in [1.54, 1.807) is 21.3 Å². The molecule has 0 aliphatic rings. The van der Waals surface area contributed by atoms with Gasteiger partial charge in [0.1, 0.15) is 5.52 Å². The van der Waals surface area contributed by atoms with Gasteiger partial charge in [0.15, 0.2) is 0 Å². The van der Waals surface area contributed by atoms with Crippen molar-refractivity contribution in [2.24, 2.45) is 0 Å². The van der Waals surface area contributed by atoms with Crippen LogP contribution < -0.4 is 10.9 Å². The van der Waals surface area contributed by atoms with Crippen molar-refractivity contribution >= 4 is 5.52 Å². The van der Waals surface area contributed by atoms with Gasteiger partial charge in [0.2, 0.25) is 0 Å². The third kappa shape index (κ3) is 3.23. The molecule has 5 heteroatoms. The van der Waals surface area contributed by atoms with Gasteiger partial charge in [-0.2, -0.15) is 5.10 Å². The number of rotatable bonds is 7. The Morgan fingerprint density at radius 2 is 2.21 bits per heavy atom. The number of hydrogen-bond acceptors (Lipinski definition) is 3. The Balaban J connectivity index is 1.98. The predicted octanol–water partition coefficient (Wildman–Crippen LogP) is 1.66. The van der Waals surface area contributed by atoms with Crippen molar-refractivity contribution in [3.05, 3.63) is 35.0 Å². The zero-order chi connectivity index (χ0) is 13.7. The lowest BCUT2D eigenvalue weighted by molar-refractivity contribution is 0.446. The molecule has 19 heavy (non-hydrogen) atoms. The van der Waals surface area contributed by atoms with Gasteiger partial charge in [0.05, 0.1) is 6.20 Å². The normalized spacial score (nSPS) is 12.9. The maximum atomic E-state index is 12.1. The molecule has 1 atom stereocenters. The zero-order valence-corrected chi connectivity index (χ0v) is 11.7. The second-order valence-corrected chi connectivity index (χ2v) is 4.76. The fourth-order valence-corrected chi connectivity index (χ4v) is 2.38. The molecular formula is C14H22N4O. The minimum absolute atomic E-state index is 0.0384. The Labute approximate surface area is 113 Å². The van der Waals surface area contributed by atoms with Crippen LogP contribution in [0.1, 0.15) is 33.1 Å². The van der Waals surface area contributed by atoms with Gasteiger partial charge in [-0.25, -0.2) is 4.52 Å². The molecule has 0 aromatic carbocycles. The monoisotopic (exact) mass is 262 g/mol. The number of aryl methyl sites for hydroxylation is 1. The highest BCUT2D eigenvalue weighted by Gasteiger charge is 2.06. The molecule has 0 radical (unpaired) electrons. The average molecular weight is 262 g/mol. The van der Waals surface area contributed by atoms with E-state index in [9.17, 15) is 4.79 Å². The molecule has 5 nitrogen and oxygen atoms in total. The van der Waals surface area contributed by atoms with Crippen molar-refractivity contribution in [3.63, 3.8) is 0 Å². The lowest BCUT2D eigenvalue weighted by Crippen LogP contribution is -2.29. The minimum Gasteiger partial charge on any atom is -0.314 e. The maximum absolute atomic E-state index is 12.1. The largest absolute Gasteiger partial charge is 0.314 e. The van der Waals surface area contributed by atoms with Crippen molar-refractivity contribution in [1.82, 2.24) is 19.5 Å². The van der Waals surface area contributed by atoms with Crippen molar-refractivity contribution in [3.8, 4) is 0 Å². The standard InChI is InChI=1S/C14H22N4O/c1-3-12(15-4-2)6-5-9-17-10-11-18-13(14(17)19)7-8-16-18/h7-8,10-12,15H,3-6,9H2,1-2H3. The maximum Gasteiger partial charge on any atom is 0.276 e. The number of aromatic nitrogens is 3. The van der Waals surface area contributed by atoms with E-state index in [-0.39, 0.29) is 5.56 Å². The van der Waals surface area contributed by atoms with Crippen molar-refractivity contribution in [2.45, 2.75) is 45.7 Å². The number of nitrogens with one attached hydrogen (secondary N) is 1. The van der Waals surface area contributed by atoms with Gasteiger partial charge in [-0.3, -0.25) is 4.79 Å². The summed E-state index contributed by atoms with van der Waals surface area (Å²) in [5.41, 5.74) is 0.678. The van der Waals surface area contributed by atoms with Gasteiger partial charge in [-0.15, -0.1) is 0 Å².